The fourth-order valence-electron chi connectivity index (χ4n) is 1.44. The number of methoxy groups -OCH3 is 2. The highest BCUT2D eigenvalue weighted by atomic mass is 35.5. The van der Waals surface area contributed by atoms with E-state index in [-0.39, 0.29) is 23.0 Å². The summed E-state index contributed by atoms with van der Waals surface area (Å²) >= 11 is 5.91. The van der Waals surface area contributed by atoms with Crippen molar-refractivity contribution in [1.29, 1.82) is 0 Å². The summed E-state index contributed by atoms with van der Waals surface area (Å²) in [4.78, 5) is 11.1. The van der Waals surface area contributed by atoms with Crippen molar-refractivity contribution in [2.75, 3.05) is 14.2 Å². The van der Waals surface area contributed by atoms with E-state index in [1.165, 1.54) is 27.2 Å². The first-order valence-corrected chi connectivity index (χ1v) is 5.00. The van der Waals surface area contributed by atoms with Crippen LogP contribution < -0.4 is 9.47 Å². The third kappa shape index (κ3) is 2.39. The molecule has 0 heterocycles. The second-order valence-electron chi connectivity index (χ2n) is 3.30. The van der Waals surface area contributed by atoms with E-state index in [0.717, 1.165) is 0 Å². The van der Waals surface area contributed by atoms with E-state index in [9.17, 15) is 9.90 Å². The lowest BCUT2D eigenvalue weighted by molar-refractivity contribution is -0.116. The van der Waals surface area contributed by atoms with Gasteiger partial charge in [0.1, 0.15) is 11.5 Å². The number of Topliss-reactive ketones (excluding diaryl/α,β-unsaturated/α-hetero) is 1. The fraction of sp³-hybridized carbons (Fsp3) is 0.364. The molecule has 0 saturated heterocycles. The molecule has 1 aromatic rings. The molecule has 0 bridgehead atoms. The number of hydrogen-bond acceptors (Lipinski definition) is 4. The van der Waals surface area contributed by atoms with Crippen LogP contribution in [-0.2, 0) is 11.2 Å². The van der Waals surface area contributed by atoms with E-state index in [4.69, 9.17) is 21.1 Å². The van der Waals surface area contributed by atoms with E-state index in [0.29, 0.717) is 17.1 Å². The number of ether oxygens (including phenoxy) is 2. The van der Waals surface area contributed by atoms with Gasteiger partial charge in [-0.2, -0.15) is 0 Å². The first-order valence-electron chi connectivity index (χ1n) is 4.63. The van der Waals surface area contributed by atoms with Crippen molar-refractivity contribution in [3.63, 3.8) is 0 Å². The van der Waals surface area contributed by atoms with Gasteiger partial charge in [0.25, 0.3) is 0 Å². The second-order valence-corrected chi connectivity index (χ2v) is 3.68. The summed E-state index contributed by atoms with van der Waals surface area (Å²) in [5, 5.41) is 9.68. The molecule has 0 radical (unpaired) electrons. The van der Waals surface area contributed by atoms with Crippen molar-refractivity contribution in [2.24, 2.45) is 0 Å². The topological polar surface area (TPSA) is 55.8 Å². The molecule has 0 spiro atoms. The first-order chi connectivity index (χ1) is 7.51. The van der Waals surface area contributed by atoms with Crippen LogP contribution in [0.5, 0.6) is 17.2 Å². The number of phenolic OH excluding ortho intramolecular Hbond substituents is 1. The standard InChI is InChI=1S/C11H13ClO4/c1-6(13)4-7-10(12)8(14)5-9(15-2)11(7)16-3/h5,14H,4H2,1-3H3. The molecule has 0 atom stereocenters. The zero-order valence-corrected chi connectivity index (χ0v) is 10.1. The summed E-state index contributed by atoms with van der Waals surface area (Å²) in [6, 6.07) is 1.35. The molecular formula is C11H13ClO4. The quantitative estimate of drug-likeness (QED) is 0.882. The van der Waals surface area contributed by atoms with Gasteiger partial charge in [0.2, 0.25) is 0 Å². The van der Waals surface area contributed by atoms with E-state index in [1.54, 1.807) is 0 Å². The van der Waals surface area contributed by atoms with E-state index in [2.05, 4.69) is 0 Å². The van der Waals surface area contributed by atoms with Gasteiger partial charge >= 0.3 is 0 Å². The summed E-state index contributed by atoms with van der Waals surface area (Å²) in [6.07, 6.45) is 0.0900. The third-order valence-electron chi connectivity index (χ3n) is 2.11. The highest BCUT2D eigenvalue weighted by Gasteiger charge is 2.19. The van der Waals surface area contributed by atoms with Gasteiger partial charge in [-0.05, 0) is 6.92 Å². The lowest BCUT2D eigenvalue weighted by Gasteiger charge is -2.14. The summed E-state index contributed by atoms with van der Waals surface area (Å²) in [6.45, 7) is 1.44. The zero-order valence-electron chi connectivity index (χ0n) is 9.33. The van der Waals surface area contributed by atoms with Crippen molar-refractivity contribution in [3.05, 3.63) is 16.7 Å². The molecule has 1 aromatic carbocycles. The molecule has 0 aromatic heterocycles. The zero-order chi connectivity index (χ0) is 12.3. The highest BCUT2D eigenvalue weighted by molar-refractivity contribution is 6.33. The lowest BCUT2D eigenvalue weighted by atomic mass is 10.1. The summed E-state index contributed by atoms with van der Waals surface area (Å²) in [5.74, 6) is 0.518. The van der Waals surface area contributed by atoms with Gasteiger partial charge in [-0.25, -0.2) is 0 Å². The summed E-state index contributed by atoms with van der Waals surface area (Å²) < 4.78 is 10.2. The number of carbonyl (C=O) groups excluding carboxylic acids is 1. The average molecular weight is 245 g/mol. The third-order valence-corrected chi connectivity index (χ3v) is 2.53. The average Bonchev–Trinajstić information content (AvgIpc) is 2.23. The normalized spacial score (nSPS) is 10.0. The molecule has 0 aliphatic heterocycles. The van der Waals surface area contributed by atoms with Crippen molar-refractivity contribution in [3.8, 4) is 17.2 Å². The van der Waals surface area contributed by atoms with Gasteiger partial charge in [-0.3, -0.25) is 4.79 Å². The largest absolute Gasteiger partial charge is 0.506 e. The van der Waals surface area contributed by atoms with Crippen molar-refractivity contribution in [2.45, 2.75) is 13.3 Å². The Hall–Kier alpha value is -1.42. The molecule has 16 heavy (non-hydrogen) atoms. The number of carbonyl (C=O) groups is 1. The number of benzene rings is 1. The van der Waals surface area contributed by atoms with Crippen molar-refractivity contribution in [1.82, 2.24) is 0 Å². The number of halogens is 1. The van der Waals surface area contributed by atoms with Gasteiger partial charge in [0.15, 0.2) is 11.5 Å². The highest BCUT2D eigenvalue weighted by Crippen LogP contribution is 2.42. The number of aromatic hydroxyl groups is 1. The minimum Gasteiger partial charge on any atom is -0.506 e. The summed E-state index contributed by atoms with van der Waals surface area (Å²) in [5.41, 5.74) is 0.438. The van der Waals surface area contributed by atoms with Crippen LogP contribution in [0.15, 0.2) is 6.07 Å². The smallest absolute Gasteiger partial charge is 0.166 e. The van der Waals surface area contributed by atoms with Crippen molar-refractivity contribution < 1.29 is 19.4 Å². The molecule has 0 unspecified atom stereocenters. The van der Waals surface area contributed by atoms with Crippen LogP contribution >= 0.6 is 11.6 Å². The Morgan fingerprint density at radius 1 is 1.44 bits per heavy atom. The van der Waals surface area contributed by atoms with Crippen LogP contribution in [0.1, 0.15) is 12.5 Å². The van der Waals surface area contributed by atoms with Gasteiger partial charge < -0.3 is 14.6 Å². The lowest BCUT2D eigenvalue weighted by Crippen LogP contribution is -2.02. The molecule has 0 fully saturated rings. The molecular weight excluding hydrogens is 232 g/mol. The predicted octanol–water partition coefficient (Wildman–Crippen LogP) is 2.19. The number of ketones is 1. The second kappa shape index (κ2) is 5.07. The molecule has 0 amide bonds. The van der Waals surface area contributed by atoms with Gasteiger partial charge in [0.05, 0.1) is 19.2 Å². The Labute approximate surface area is 98.7 Å². The Morgan fingerprint density at radius 2 is 2.06 bits per heavy atom. The van der Waals surface area contributed by atoms with Crippen LogP contribution in [0.3, 0.4) is 0 Å². The minimum atomic E-state index is -0.129. The molecule has 0 saturated carbocycles. The predicted molar refractivity (Wildman–Crippen MR) is 60.6 cm³/mol. The van der Waals surface area contributed by atoms with Crippen LogP contribution in [0.2, 0.25) is 5.02 Å². The maximum absolute atomic E-state index is 11.1. The molecule has 0 aliphatic rings. The minimum absolute atomic E-state index is 0.0761. The van der Waals surface area contributed by atoms with Crippen molar-refractivity contribution >= 4 is 17.4 Å². The number of rotatable bonds is 4. The van der Waals surface area contributed by atoms with Crippen LogP contribution in [0.4, 0.5) is 0 Å². The molecule has 1 N–H and O–H groups in total. The monoisotopic (exact) mass is 244 g/mol. The maximum Gasteiger partial charge on any atom is 0.166 e. The van der Waals surface area contributed by atoms with E-state index in [1.807, 2.05) is 0 Å². The maximum atomic E-state index is 11.1. The van der Waals surface area contributed by atoms with Gasteiger partial charge in [-0.15, -0.1) is 0 Å². The molecule has 88 valence electrons. The van der Waals surface area contributed by atoms with Crippen LogP contribution in [-0.4, -0.2) is 25.1 Å². The van der Waals surface area contributed by atoms with Crippen LogP contribution in [0.25, 0.3) is 0 Å². The van der Waals surface area contributed by atoms with Gasteiger partial charge in [-0.1, -0.05) is 11.6 Å². The fourth-order valence-corrected chi connectivity index (χ4v) is 1.65. The van der Waals surface area contributed by atoms with Crippen LogP contribution in [0, 0.1) is 0 Å². The Bertz CT molecular complexity index is 415. The molecule has 1 rings (SSSR count). The van der Waals surface area contributed by atoms with E-state index < -0.39 is 0 Å². The SMILES string of the molecule is COc1cc(O)c(Cl)c(CC(C)=O)c1OC. The molecule has 5 heteroatoms. The van der Waals surface area contributed by atoms with Gasteiger partial charge in [0, 0.05) is 18.1 Å². The molecule has 0 aliphatic carbocycles. The Balaban J connectivity index is 3.40. The molecule has 4 nitrogen and oxygen atoms in total. The van der Waals surface area contributed by atoms with E-state index >= 15 is 0 Å². The Kier molecular flexibility index (Phi) is 4.01. The number of hydrogen-bond donors (Lipinski definition) is 1. The Morgan fingerprint density at radius 3 is 2.50 bits per heavy atom. The first kappa shape index (κ1) is 12.6. The number of phenols is 1. The summed E-state index contributed by atoms with van der Waals surface area (Å²) in [7, 11) is 2.90.